The Balaban J connectivity index is 1.70. The zero-order valence-corrected chi connectivity index (χ0v) is 30.4. The summed E-state index contributed by atoms with van der Waals surface area (Å²) in [6.45, 7) is 14.5. The van der Waals surface area contributed by atoms with Gasteiger partial charge in [-0.1, -0.05) is 34.1 Å². The lowest BCUT2D eigenvalue weighted by atomic mass is 9.85. The molecule has 0 aliphatic carbocycles. The number of nitrogens with one attached hydrogen (secondary N) is 3. The van der Waals surface area contributed by atoms with Gasteiger partial charge >= 0.3 is 6.03 Å². The third-order valence-electron chi connectivity index (χ3n) is 7.96. The number of thiophene rings is 1. The number of carbonyl (C=O) groups is 5. The van der Waals surface area contributed by atoms with Crippen LogP contribution in [-0.2, 0) is 26.2 Å². The van der Waals surface area contributed by atoms with Gasteiger partial charge in [-0.25, -0.2) is 9.78 Å². The Kier molecular flexibility index (Phi) is 11.0. The number of nitrogens with zero attached hydrogens (tertiary/aromatic N) is 5. The molecule has 0 aromatic carbocycles. The van der Waals surface area contributed by atoms with Gasteiger partial charge in [-0.15, -0.1) is 11.3 Å². The molecule has 4 heterocycles. The maximum absolute atomic E-state index is 14.4. The average Bonchev–Trinajstić information content (AvgIpc) is 3.71. The number of carbonyl (C=O) groups excluding carboxylic acids is 5. The normalized spacial score (nSPS) is 17.8. The molecule has 0 radical (unpaired) electrons. The summed E-state index contributed by atoms with van der Waals surface area (Å²) in [4.78, 5) is 76.4. The molecule has 5 amide bonds. The molecule has 5 N–H and O–H groups in total. The molecule has 1 aliphatic rings. The second-order valence-corrected chi connectivity index (χ2v) is 15.4. The topological polar surface area (TPSA) is 204 Å². The molecule has 15 nitrogen and oxygen atoms in total. The van der Waals surface area contributed by atoms with Crippen LogP contribution in [0.25, 0.3) is 21.7 Å². The highest BCUT2D eigenvalue weighted by Crippen LogP contribution is 2.34. The van der Waals surface area contributed by atoms with Gasteiger partial charge in [0.2, 0.25) is 23.5 Å². The number of Topliss-reactive ketones (excluding diaryl/α,β-unsaturated/α-hetero) is 1. The van der Waals surface area contributed by atoms with Crippen molar-refractivity contribution in [3.8, 4) is 17.4 Å². The van der Waals surface area contributed by atoms with Crippen LogP contribution in [0.15, 0.2) is 17.5 Å². The summed E-state index contributed by atoms with van der Waals surface area (Å²) >= 11 is 1.40. The summed E-state index contributed by atoms with van der Waals surface area (Å²) in [6.07, 6.45) is 0.0104. The van der Waals surface area contributed by atoms with E-state index in [2.05, 4.69) is 21.0 Å². The molecule has 1 aliphatic heterocycles. The Labute approximate surface area is 289 Å². The Hall–Kier alpha value is -4.60. The summed E-state index contributed by atoms with van der Waals surface area (Å²) in [6, 6.07) is -0.113. The van der Waals surface area contributed by atoms with Crippen LogP contribution in [-0.4, -0.2) is 90.5 Å². The predicted octanol–water partition coefficient (Wildman–Crippen LogP) is 2.60. The first-order chi connectivity index (χ1) is 22.8. The number of urea groups is 1. The quantitative estimate of drug-likeness (QED) is 0.217. The van der Waals surface area contributed by atoms with E-state index in [1.807, 2.05) is 66.0 Å². The standard InChI is InChI=1S/C33H47N9O6S/c1-10-11-19(23(43)26(34)44)36-28(45)22-15-18(16-42(22)30(46)25(32(3,4)5)37-31(47)39-33(6,7)8)48-29-24-20(12-13-49-24)35-27(38-29)21-14-17(2)40-41(21)9/h12-14,18-19,22,25H,10-11,15-16H2,1-9H3,(H2,34,44)(H,36,45)(H2,37,39,47)/t18-,19+,22+,25-/m1/s1. The van der Waals surface area contributed by atoms with E-state index in [0.29, 0.717) is 28.2 Å². The first-order valence-corrected chi connectivity index (χ1v) is 17.1. The van der Waals surface area contributed by atoms with E-state index in [1.54, 1.807) is 18.7 Å². The molecule has 1 fully saturated rings. The fraction of sp³-hybridized carbons (Fsp3) is 0.576. The average molecular weight is 698 g/mol. The molecule has 1 saturated heterocycles. The van der Waals surface area contributed by atoms with Gasteiger partial charge in [0.15, 0.2) is 5.82 Å². The van der Waals surface area contributed by atoms with Crippen molar-refractivity contribution in [3.63, 3.8) is 0 Å². The SMILES string of the molecule is CCC[C@H](NC(=O)[C@@H]1C[C@@H](Oc2nc(-c3cc(C)nn3C)nc3ccsc23)CN1C(=O)[C@@H](NC(=O)NC(C)(C)C)C(C)(C)C)C(=O)C(N)=O. The number of aromatic nitrogens is 4. The van der Waals surface area contributed by atoms with Crippen molar-refractivity contribution in [2.24, 2.45) is 18.2 Å². The van der Waals surface area contributed by atoms with Crippen LogP contribution in [0.1, 0.15) is 73.4 Å². The molecule has 0 bridgehead atoms. The number of hydrogen-bond acceptors (Lipinski definition) is 10. The van der Waals surface area contributed by atoms with Gasteiger partial charge in [0.25, 0.3) is 5.91 Å². The van der Waals surface area contributed by atoms with Crippen LogP contribution in [0.5, 0.6) is 5.88 Å². The summed E-state index contributed by atoms with van der Waals surface area (Å²) in [7, 11) is 1.80. The van der Waals surface area contributed by atoms with E-state index in [1.165, 1.54) is 16.2 Å². The molecule has 0 spiro atoms. The smallest absolute Gasteiger partial charge is 0.315 e. The molecule has 0 saturated carbocycles. The lowest BCUT2D eigenvalue weighted by Gasteiger charge is -2.36. The van der Waals surface area contributed by atoms with E-state index < -0.39 is 64.7 Å². The van der Waals surface area contributed by atoms with Gasteiger partial charge in [0, 0.05) is 19.0 Å². The maximum Gasteiger partial charge on any atom is 0.315 e. The molecular formula is C33H47N9O6S. The van der Waals surface area contributed by atoms with Gasteiger partial charge in [-0.05, 0) is 57.0 Å². The molecule has 4 atom stereocenters. The van der Waals surface area contributed by atoms with E-state index in [9.17, 15) is 24.0 Å². The number of hydrogen-bond donors (Lipinski definition) is 4. The van der Waals surface area contributed by atoms with Crippen molar-refractivity contribution >= 4 is 51.1 Å². The third-order valence-corrected chi connectivity index (χ3v) is 8.85. The van der Waals surface area contributed by atoms with Crippen molar-refractivity contribution in [3.05, 3.63) is 23.2 Å². The Morgan fingerprint density at radius 2 is 1.80 bits per heavy atom. The number of aryl methyl sites for hydroxylation is 2. The van der Waals surface area contributed by atoms with E-state index in [-0.39, 0.29) is 25.3 Å². The lowest BCUT2D eigenvalue weighted by molar-refractivity contribution is -0.143. The fourth-order valence-corrected chi connectivity index (χ4v) is 6.47. The molecule has 49 heavy (non-hydrogen) atoms. The Bertz CT molecular complexity index is 1740. The monoisotopic (exact) mass is 697 g/mol. The predicted molar refractivity (Wildman–Crippen MR) is 185 cm³/mol. The summed E-state index contributed by atoms with van der Waals surface area (Å²) in [5, 5.41) is 14.6. The van der Waals surface area contributed by atoms with Crippen LogP contribution in [0.2, 0.25) is 0 Å². The maximum atomic E-state index is 14.4. The van der Waals surface area contributed by atoms with Gasteiger partial charge < -0.3 is 31.3 Å². The van der Waals surface area contributed by atoms with Crippen LogP contribution >= 0.6 is 11.3 Å². The molecule has 266 valence electrons. The number of fused-ring (bicyclic) bond motifs is 1. The number of primary amides is 1. The van der Waals surface area contributed by atoms with Crippen molar-refractivity contribution in [1.82, 2.24) is 40.6 Å². The second-order valence-electron chi connectivity index (χ2n) is 14.5. The molecule has 0 unspecified atom stereocenters. The zero-order chi connectivity index (χ0) is 36.4. The molecular weight excluding hydrogens is 650 g/mol. The number of likely N-dealkylation sites (tertiary alicyclic amines) is 1. The molecule has 4 rings (SSSR count). The molecule has 3 aromatic heterocycles. The van der Waals surface area contributed by atoms with Crippen LogP contribution in [0.4, 0.5) is 4.79 Å². The Morgan fingerprint density at radius 3 is 2.37 bits per heavy atom. The number of amides is 5. The minimum atomic E-state index is -1.16. The Morgan fingerprint density at radius 1 is 1.10 bits per heavy atom. The first-order valence-electron chi connectivity index (χ1n) is 16.2. The van der Waals surface area contributed by atoms with E-state index in [4.69, 9.17) is 20.4 Å². The highest BCUT2D eigenvalue weighted by Gasteiger charge is 2.46. The third kappa shape index (κ3) is 8.90. The number of ether oxygens (including phenoxy) is 1. The van der Waals surface area contributed by atoms with Crippen LogP contribution < -0.4 is 26.4 Å². The van der Waals surface area contributed by atoms with Crippen molar-refractivity contribution in [2.75, 3.05) is 6.54 Å². The number of rotatable bonds is 11. The summed E-state index contributed by atoms with van der Waals surface area (Å²) in [5.41, 5.74) is 6.09. The lowest BCUT2D eigenvalue weighted by Crippen LogP contribution is -2.61. The van der Waals surface area contributed by atoms with Crippen molar-refractivity contribution in [1.29, 1.82) is 0 Å². The summed E-state index contributed by atoms with van der Waals surface area (Å²) < 4.78 is 8.85. The first kappa shape index (κ1) is 37.2. The van der Waals surface area contributed by atoms with Gasteiger partial charge in [-0.2, -0.15) is 10.1 Å². The van der Waals surface area contributed by atoms with Crippen LogP contribution in [0.3, 0.4) is 0 Å². The van der Waals surface area contributed by atoms with E-state index >= 15 is 0 Å². The van der Waals surface area contributed by atoms with Crippen LogP contribution in [0, 0.1) is 12.3 Å². The zero-order valence-electron chi connectivity index (χ0n) is 29.5. The number of nitrogens with two attached hydrogens (primary N) is 1. The molecule has 3 aromatic rings. The van der Waals surface area contributed by atoms with Crippen molar-refractivity contribution < 1.29 is 28.7 Å². The summed E-state index contributed by atoms with van der Waals surface area (Å²) in [5.74, 6) is -2.55. The number of ketones is 1. The minimum absolute atomic E-state index is 0.0225. The largest absolute Gasteiger partial charge is 0.471 e. The minimum Gasteiger partial charge on any atom is -0.471 e. The van der Waals surface area contributed by atoms with Gasteiger partial charge in [0.1, 0.15) is 28.6 Å². The van der Waals surface area contributed by atoms with E-state index in [0.717, 1.165) is 5.69 Å². The van der Waals surface area contributed by atoms with Crippen molar-refractivity contribution in [2.45, 2.75) is 104 Å². The molecule has 16 heteroatoms. The fourth-order valence-electron chi connectivity index (χ4n) is 5.70. The highest BCUT2D eigenvalue weighted by molar-refractivity contribution is 7.17. The van der Waals surface area contributed by atoms with Gasteiger partial charge in [0.05, 0.1) is 23.8 Å². The van der Waals surface area contributed by atoms with Gasteiger partial charge in [-0.3, -0.25) is 23.9 Å². The second kappa shape index (κ2) is 14.5. The highest BCUT2D eigenvalue weighted by atomic mass is 32.1.